The van der Waals surface area contributed by atoms with Gasteiger partial charge in [-0.05, 0) is 18.4 Å². The molecule has 0 aromatic carbocycles. The monoisotopic (exact) mass is 178 g/mol. The average molecular weight is 178 g/mol. The van der Waals surface area contributed by atoms with Crippen molar-refractivity contribution in [3.63, 3.8) is 0 Å². The van der Waals surface area contributed by atoms with E-state index in [0.717, 1.165) is 5.92 Å². The van der Waals surface area contributed by atoms with Gasteiger partial charge in [0.1, 0.15) is 11.7 Å². The van der Waals surface area contributed by atoms with E-state index in [-0.39, 0.29) is 5.60 Å². The number of fused-ring (bicyclic) bond motifs is 1. The molecule has 1 aliphatic carbocycles. The summed E-state index contributed by atoms with van der Waals surface area (Å²) in [6, 6.07) is 0. The van der Waals surface area contributed by atoms with Crippen LogP contribution in [-0.4, -0.2) is 11.7 Å². The molecule has 2 rings (SSSR count). The topological polar surface area (TPSA) is 12.5 Å². The lowest BCUT2D eigenvalue weighted by atomic mass is 9.88. The van der Waals surface area contributed by atoms with Crippen LogP contribution in [0.25, 0.3) is 0 Å². The standard InChI is InChI=1S/C12H18O/c1-3-6-10(2)9-12-8-5-4-7-11(12)13-12/h4-5,7-8,10-11H,3,6,9H2,1-2H3. The Kier molecular flexibility index (Phi) is 2.29. The molecule has 13 heavy (non-hydrogen) atoms. The highest BCUT2D eigenvalue weighted by Gasteiger charge is 2.53. The molecule has 72 valence electrons. The van der Waals surface area contributed by atoms with E-state index in [1.54, 1.807) is 0 Å². The third-order valence-electron chi connectivity index (χ3n) is 3.00. The Hall–Kier alpha value is -0.560. The number of hydrogen-bond acceptors (Lipinski definition) is 1. The minimum absolute atomic E-state index is 0.101. The lowest BCUT2D eigenvalue weighted by Gasteiger charge is -2.14. The van der Waals surface area contributed by atoms with Gasteiger partial charge in [-0.2, -0.15) is 0 Å². The number of rotatable bonds is 4. The van der Waals surface area contributed by atoms with Gasteiger partial charge in [-0.3, -0.25) is 0 Å². The van der Waals surface area contributed by atoms with E-state index in [4.69, 9.17) is 4.74 Å². The van der Waals surface area contributed by atoms with Gasteiger partial charge in [0.25, 0.3) is 0 Å². The van der Waals surface area contributed by atoms with Crippen LogP contribution < -0.4 is 0 Å². The molecule has 0 N–H and O–H groups in total. The zero-order valence-electron chi connectivity index (χ0n) is 8.49. The molecule has 1 fully saturated rings. The van der Waals surface area contributed by atoms with Crippen LogP contribution in [-0.2, 0) is 4.74 Å². The Bertz CT molecular complexity index is 242. The van der Waals surface area contributed by atoms with Crippen LogP contribution in [0.5, 0.6) is 0 Å². The second-order valence-corrected chi connectivity index (χ2v) is 4.34. The van der Waals surface area contributed by atoms with Crippen molar-refractivity contribution in [2.45, 2.75) is 44.8 Å². The maximum Gasteiger partial charge on any atom is 0.117 e. The molecule has 0 aromatic rings. The third kappa shape index (κ3) is 1.71. The molecule has 0 aromatic heterocycles. The van der Waals surface area contributed by atoms with Crippen molar-refractivity contribution in [1.82, 2.24) is 0 Å². The molecule has 2 aliphatic rings. The van der Waals surface area contributed by atoms with Gasteiger partial charge < -0.3 is 4.74 Å². The van der Waals surface area contributed by atoms with Crippen molar-refractivity contribution in [2.75, 3.05) is 0 Å². The van der Waals surface area contributed by atoms with Crippen LogP contribution in [0, 0.1) is 5.92 Å². The summed E-state index contributed by atoms with van der Waals surface area (Å²) in [6.45, 7) is 4.57. The Morgan fingerprint density at radius 3 is 3.00 bits per heavy atom. The summed E-state index contributed by atoms with van der Waals surface area (Å²) in [6.07, 6.45) is 12.8. The van der Waals surface area contributed by atoms with Crippen LogP contribution >= 0.6 is 0 Å². The summed E-state index contributed by atoms with van der Waals surface area (Å²) in [4.78, 5) is 0. The van der Waals surface area contributed by atoms with Gasteiger partial charge in [0, 0.05) is 0 Å². The lowest BCUT2D eigenvalue weighted by molar-refractivity contribution is 0.292. The summed E-state index contributed by atoms with van der Waals surface area (Å²) in [5, 5.41) is 0. The van der Waals surface area contributed by atoms with Gasteiger partial charge in [-0.1, -0.05) is 44.9 Å². The first kappa shape index (κ1) is 9.01. The van der Waals surface area contributed by atoms with Crippen LogP contribution in [0.1, 0.15) is 33.1 Å². The molecular formula is C12H18O. The molecule has 3 unspecified atom stereocenters. The molecular weight excluding hydrogens is 160 g/mol. The first-order valence-corrected chi connectivity index (χ1v) is 5.31. The largest absolute Gasteiger partial charge is 0.357 e. The van der Waals surface area contributed by atoms with E-state index in [0.29, 0.717) is 6.10 Å². The molecule has 0 amide bonds. The Morgan fingerprint density at radius 1 is 1.46 bits per heavy atom. The van der Waals surface area contributed by atoms with E-state index in [1.807, 2.05) is 0 Å². The maximum absolute atomic E-state index is 5.71. The van der Waals surface area contributed by atoms with E-state index in [9.17, 15) is 0 Å². The minimum atomic E-state index is 0.101. The molecule has 1 heterocycles. The smallest absolute Gasteiger partial charge is 0.117 e. The van der Waals surface area contributed by atoms with Crippen LogP contribution in [0.2, 0.25) is 0 Å². The SMILES string of the molecule is CCCC(C)CC12C=CC=CC1O2. The second-order valence-electron chi connectivity index (χ2n) is 4.34. The summed E-state index contributed by atoms with van der Waals surface area (Å²) in [5.74, 6) is 0.783. The lowest BCUT2D eigenvalue weighted by Crippen LogP contribution is -2.16. The molecule has 0 radical (unpaired) electrons. The van der Waals surface area contributed by atoms with Gasteiger partial charge in [-0.15, -0.1) is 0 Å². The molecule has 1 aliphatic heterocycles. The van der Waals surface area contributed by atoms with Gasteiger partial charge >= 0.3 is 0 Å². The number of allylic oxidation sites excluding steroid dienone is 2. The summed E-state index contributed by atoms with van der Waals surface area (Å²) < 4.78 is 5.71. The van der Waals surface area contributed by atoms with Gasteiger partial charge in [0.05, 0.1) is 0 Å². The van der Waals surface area contributed by atoms with Crippen LogP contribution in [0.3, 0.4) is 0 Å². The quantitative estimate of drug-likeness (QED) is 0.603. The van der Waals surface area contributed by atoms with Crippen molar-refractivity contribution in [1.29, 1.82) is 0 Å². The first-order valence-electron chi connectivity index (χ1n) is 5.31. The molecule has 0 bridgehead atoms. The molecule has 1 heteroatoms. The second kappa shape index (κ2) is 3.30. The number of epoxide rings is 1. The van der Waals surface area contributed by atoms with E-state index in [1.165, 1.54) is 19.3 Å². The van der Waals surface area contributed by atoms with Crippen LogP contribution in [0.15, 0.2) is 24.3 Å². The Balaban J connectivity index is 1.89. The highest BCUT2D eigenvalue weighted by Crippen LogP contribution is 2.46. The predicted octanol–water partition coefficient (Wildman–Crippen LogP) is 3.08. The fourth-order valence-corrected chi connectivity index (χ4v) is 2.29. The van der Waals surface area contributed by atoms with E-state index < -0.39 is 0 Å². The number of ether oxygens (including phenoxy) is 1. The van der Waals surface area contributed by atoms with Crippen molar-refractivity contribution >= 4 is 0 Å². The van der Waals surface area contributed by atoms with E-state index in [2.05, 4.69) is 38.2 Å². The fraction of sp³-hybridized carbons (Fsp3) is 0.667. The molecule has 0 saturated carbocycles. The third-order valence-corrected chi connectivity index (χ3v) is 3.00. The molecule has 1 saturated heterocycles. The maximum atomic E-state index is 5.71. The zero-order chi connectivity index (χ0) is 9.31. The fourth-order valence-electron chi connectivity index (χ4n) is 2.29. The average Bonchev–Trinajstić information content (AvgIpc) is 2.78. The molecule has 1 nitrogen and oxygen atoms in total. The minimum Gasteiger partial charge on any atom is -0.357 e. The first-order chi connectivity index (χ1) is 6.27. The highest BCUT2D eigenvalue weighted by atomic mass is 16.6. The Labute approximate surface area is 80.5 Å². The summed E-state index contributed by atoms with van der Waals surface area (Å²) >= 11 is 0. The van der Waals surface area contributed by atoms with Crippen molar-refractivity contribution < 1.29 is 4.74 Å². The van der Waals surface area contributed by atoms with Crippen molar-refractivity contribution in [2.24, 2.45) is 5.92 Å². The number of hydrogen-bond donors (Lipinski definition) is 0. The molecule has 0 spiro atoms. The highest BCUT2D eigenvalue weighted by molar-refractivity contribution is 5.31. The molecule has 3 atom stereocenters. The summed E-state index contributed by atoms with van der Waals surface area (Å²) in [5.41, 5.74) is 0.101. The predicted molar refractivity (Wildman–Crippen MR) is 54.6 cm³/mol. The van der Waals surface area contributed by atoms with Gasteiger partial charge in [-0.25, -0.2) is 0 Å². The normalized spacial score (nSPS) is 37.2. The van der Waals surface area contributed by atoms with Crippen LogP contribution in [0.4, 0.5) is 0 Å². The van der Waals surface area contributed by atoms with Crippen molar-refractivity contribution in [3.05, 3.63) is 24.3 Å². The summed E-state index contributed by atoms with van der Waals surface area (Å²) in [7, 11) is 0. The van der Waals surface area contributed by atoms with Gasteiger partial charge in [0.15, 0.2) is 0 Å². The van der Waals surface area contributed by atoms with Gasteiger partial charge in [0.2, 0.25) is 0 Å². The van der Waals surface area contributed by atoms with Crippen molar-refractivity contribution in [3.8, 4) is 0 Å². The zero-order valence-corrected chi connectivity index (χ0v) is 8.49. The van der Waals surface area contributed by atoms with E-state index >= 15 is 0 Å². The Morgan fingerprint density at radius 2 is 2.31 bits per heavy atom.